The first kappa shape index (κ1) is 37.2. The summed E-state index contributed by atoms with van der Waals surface area (Å²) in [6.45, 7) is 3.94. The Kier molecular flexibility index (Phi) is 27.2. The molecule has 4 aromatic rings. The number of halogens is 5. The van der Waals surface area contributed by atoms with Crippen molar-refractivity contribution in [2.75, 3.05) is 0 Å². The molecule has 0 amide bonds. The molecule has 0 saturated heterocycles. The summed E-state index contributed by atoms with van der Waals surface area (Å²) in [4.78, 5) is 31.0. The fourth-order valence-corrected chi connectivity index (χ4v) is 5.88. The molecule has 4 aromatic heterocycles. The van der Waals surface area contributed by atoms with Gasteiger partial charge in [-0.05, 0) is 100 Å². The lowest BCUT2D eigenvalue weighted by Gasteiger charge is -1.87. The van der Waals surface area contributed by atoms with Crippen LogP contribution in [0.4, 0.5) is 0 Å². The number of hydrogen-bond donors (Lipinski definition) is 0. The summed E-state index contributed by atoms with van der Waals surface area (Å²) in [5, 5.41) is 8.01. The van der Waals surface area contributed by atoms with E-state index in [0.29, 0.717) is 0 Å². The molecular weight excluding hydrogens is 856 g/mol. The van der Waals surface area contributed by atoms with Gasteiger partial charge in [-0.2, -0.15) is 11.3 Å². The van der Waals surface area contributed by atoms with Crippen molar-refractivity contribution in [3.05, 3.63) is 86.3 Å². The molecule has 0 bridgehead atoms. The Hall–Kier alpha value is 0.0100. The Labute approximate surface area is 262 Å². The largest absolute Gasteiger partial charge is 0.394 e. The summed E-state index contributed by atoms with van der Waals surface area (Å²) >= 11 is 22.0. The molecule has 13 heteroatoms. The van der Waals surface area contributed by atoms with Gasteiger partial charge in [-0.15, -0.1) is 34.0 Å². The number of hydrogen-bond acceptors (Lipinski definition) is 8. The minimum atomic E-state index is -0.562. The Bertz CT molecular complexity index is 973. The van der Waals surface area contributed by atoms with Gasteiger partial charge >= 0.3 is 11.9 Å². The van der Waals surface area contributed by atoms with Gasteiger partial charge in [-0.1, -0.05) is 24.3 Å². The van der Waals surface area contributed by atoms with Gasteiger partial charge in [0.05, 0.1) is 16.2 Å². The lowest BCUT2D eigenvalue weighted by molar-refractivity contribution is -0.156. The normalized spacial score (nSPS) is 8.34. The fourth-order valence-electron chi connectivity index (χ4n) is 1.46. The van der Waals surface area contributed by atoms with E-state index >= 15 is 0 Å². The first-order valence-electron chi connectivity index (χ1n) is 9.06. The number of esters is 2. The van der Waals surface area contributed by atoms with E-state index in [0.717, 1.165) is 4.88 Å². The standard InChI is InChI=1S/C6H6OS.C4H2Br2S.C4H3BrS.C4H6O3.C4H4S.Br2/c1-5(7)6-3-2-4-8-6;5-3-1-2-4(6)7-3;5-4-2-1-3-6-4;1-3(5)7-4(2)6;1-2-4-5-3-1;1-2/h2-4H,1H3;1-2H;1-3H;1-2H3;1-4H;. The van der Waals surface area contributed by atoms with Crippen LogP contribution in [0.2, 0.25) is 0 Å². The molecule has 4 rings (SSSR count). The lowest BCUT2D eigenvalue weighted by atomic mass is 10.4. The second-order valence-corrected chi connectivity index (χ2v) is 13.3. The van der Waals surface area contributed by atoms with E-state index in [2.05, 4.69) is 80.8 Å². The second kappa shape index (κ2) is 25.7. The van der Waals surface area contributed by atoms with E-state index in [9.17, 15) is 14.4 Å². The summed E-state index contributed by atoms with van der Waals surface area (Å²) in [5.41, 5.74) is 0. The van der Waals surface area contributed by atoms with Crippen molar-refractivity contribution in [3.8, 4) is 0 Å². The van der Waals surface area contributed by atoms with Crippen molar-refractivity contribution in [2.24, 2.45) is 0 Å². The van der Waals surface area contributed by atoms with Crippen molar-refractivity contribution in [2.45, 2.75) is 20.8 Å². The molecule has 192 valence electrons. The zero-order chi connectivity index (χ0) is 27.1. The molecule has 0 aromatic carbocycles. The van der Waals surface area contributed by atoms with Gasteiger partial charge in [-0.25, -0.2) is 0 Å². The van der Waals surface area contributed by atoms with E-state index in [4.69, 9.17) is 0 Å². The Morgan fingerprint density at radius 2 is 1.14 bits per heavy atom. The number of thiophene rings is 4. The predicted molar refractivity (Wildman–Crippen MR) is 171 cm³/mol. The number of carbonyl (C=O) groups excluding carboxylic acids is 3. The third-order valence-corrected chi connectivity index (χ3v) is 7.85. The molecule has 0 atom stereocenters. The van der Waals surface area contributed by atoms with Crippen LogP contribution in [0.25, 0.3) is 0 Å². The van der Waals surface area contributed by atoms with Crippen LogP contribution in [0.15, 0.2) is 81.4 Å². The molecule has 0 saturated carbocycles. The van der Waals surface area contributed by atoms with Gasteiger partial charge in [0.25, 0.3) is 0 Å². The monoisotopic (exact) mass is 872 g/mol. The van der Waals surface area contributed by atoms with Crippen LogP contribution in [-0.4, -0.2) is 17.7 Å². The minimum Gasteiger partial charge on any atom is -0.394 e. The smallest absolute Gasteiger partial charge is 0.310 e. The molecule has 0 aliphatic carbocycles. The zero-order valence-corrected chi connectivity index (χ0v) is 29.8. The zero-order valence-electron chi connectivity index (χ0n) is 18.6. The Morgan fingerprint density at radius 3 is 1.29 bits per heavy atom. The first-order valence-corrected chi connectivity index (χ1v) is 18.7. The maximum Gasteiger partial charge on any atom is 0.310 e. The fraction of sp³-hybridized carbons (Fsp3) is 0.136. The third-order valence-electron chi connectivity index (χ3n) is 2.61. The molecule has 0 spiro atoms. The van der Waals surface area contributed by atoms with E-state index in [1.54, 1.807) is 40.9 Å². The van der Waals surface area contributed by atoms with Gasteiger partial charge in [0, 0.05) is 42.1 Å². The van der Waals surface area contributed by atoms with Gasteiger partial charge in [0.15, 0.2) is 5.78 Å². The van der Waals surface area contributed by atoms with Gasteiger partial charge < -0.3 is 4.74 Å². The topological polar surface area (TPSA) is 60.4 Å². The predicted octanol–water partition coefficient (Wildman–Crippen LogP) is 11.3. The van der Waals surface area contributed by atoms with Crippen molar-refractivity contribution in [1.29, 1.82) is 0 Å². The summed E-state index contributed by atoms with van der Waals surface area (Å²) < 4.78 is 7.50. The SMILES string of the molecule is BrBr.Brc1ccc(Br)s1.Brc1cccs1.CC(=O)OC(C)=O.CC(=O)c1cccs1.c1ccsc1. The highest BCUT2D eigenvalue weighted by atomic mass is 80.9. The molecular formula is C22H21Br5O4S4. The van der Waals surface area contributed by atoms with Crippen LogP contribution < -0.4 is 0 Å². The Balaban J connectivity index is 0. The molecule has 0 fully saturated rings. The summed E-state index contributed by atoms with van der Waals surface area (Å²) in [6, 6.07) is 15.8. The van der Waals surface area contributed by atoms with Gasteiger partial charge in [0.1, 0.15) is 0 Å². The van der Waals surface area contributed by atoms with Crippen LogP contribution in [0.1, 0.15) is 30.4 Å². The maximum atomic E-state index is 10.5. The lowest BCUT2D eigenvalue weighted by Crippen LogP contribution is -2.03. The van der Waals surface area contributed by atoms with Crippen LogP contribution in [0.5, 0.6) is 0 Å². The molecule has 4 nitrogen and oxygen atoms in total. The number of ether oxygens (including phenoxy) is 1. The highest BCUT2D eigenvalue weighted by molar-refractivity contribution is 9.93. The van der Waals surface area contributed by atoms with Gasteiger partial charge in [-0.3, -0.25) is 14.4 Å². The molecule has 35 heavy (non-hydrogen) atoms. The molecule has 0 unspecified atom stereocenters. The first-order chi connectivity index (χ1) is 16.6. The van der Waals surface area contributed by atoms with Crippen LogP contribution >= 0.6 is 121 Å². The minimum absolute atomic E-state index is 0.153. The molecule has 0 aliphatic rings. The molecule has 0 aliphatic heterocycles. The second-order valence-electron chi connectivity index (χ2n) is 5.37. The Morgan fingerprint density at radius 1 is 0.657 bits per heavy atom. The van der Waals surface area contributed by atoms with Crippen LogP contribution in [-0.2, 0) is 14.3 Å². The average Bonchev–Trinajstić information content (AvgIpc) is 3.60. The summed E-state index contributed by atoms with van der Waals surface area (Å²) in [7, 11) is 0. The third kappa shape index (κ3) is 26.9. The van der Waals surface area contributed by atoms with Crippen LogP contribution in [0, 0.1) is 0 Å². The number of ketones is 1. The van der Waals surface area contributed by atoms with Crippen LogP contribution in [0.3, 0.4) is 0 Å². The maximum absolute atomic E-state index is 10.5. The number of rotatable bonds is 1. The van der Waals surface area contributed by atoms with E-state index in [1.807, 2.05) is 70.1 Å². The van der Waals surface area contributed by atoms with Crippen molar-refractivity contribution >= 4 is 139 Å². The van der Waals surface area contributed by atoms with Crippen molar-refractivity contribution < 1.29 is 19.1 Å². The highest BCUT2D eigenvalue weighted by Crippen LogP contribution is 2.26. The summed E-state index contributed by atoms with van der Waals surface area (Å²) in [6.07, 6.45) is 0. The average molecular weight is 877 g/mol. The molecule has 4 heterocycles. The number of carbonyl (C=O) groups is 3. The molecule has 0 radical (unpaired) electrons. The van der Waals surface area contributed by atoms with Crippen molar-refractivity contribution in [1.82, 2.24) is 0 Å². The number of Topliss-reactive ketones (excluding diaryl/α,β-unsaturated/α-hetero) is 1. The highest BCUT2D eigenvalue weighted by Gasteiger charge is 1.95. The summed E-state index contributed by atoms with van der Waals surface area (Å²) in [5.74, 6) is -0.972. The molecule has 0 N–H and O–H groups in total. The van der Waals surface area contributed by atoms with Gasteiger partial charge in [0.2, 0.25) is 0 Å². The quantitative estimate of drug-likeness (QED) is 0.109. The van der Waals surface area contributed by atoms with Crippen molar-refractivity contribution in [3.63, 3.8) is 0 Å². The van der Waals surface area contributed by atoms with E-state index in [1.165, 1.54) is 36.5 Å². The van der Waals surface area contributed by atoms with E-state index < -0.39 is 11.9 Å². The van der Waals surface area contributed by atoms with E-state index in [-0.39, 0.29) is 5.78 Å².